The highest BCUT2D eigenvalue weighted by Gasteiger charge is 2.37. The fraction of sp³-hybridized carbons (Fsp3) is 0.600. The summed E-state index contributed by atoms with van der Waals surface area (Å²) in [5, 5.41) is 0. The van der Waals surface area contributed by atoms with Crippen molar-refractivity contribution in [2.75, 3.05) is 24.3 Å². The maximum absolute atomic E-state index is 12.4. The quantitative estimate of drug-likeness (QED) is 0.812. The first-order valence-corrected chi connectivity index (χ1v) is 11.0. The molecule has 0 bridgehead atoms. The van der Waals surface area contributed by atoms with Crippen LogP contribution in [-0.2, 0) is 19.9 Å². The minimum atomic E-state index is -3.54. The molecule has 0 radical (unpaired) electrons. The number of aryl methyl sites for hydroxylation is 1. The maximum atomic E-state index is 12.4. The average Bonchev–Trinajstić information content (AvgIpc) is 2.80. The van der Waals surface area contributed by atoms with Crippen molar-refractivity contribution in [1.29, 1.82) is 0 Å². The fourth-order valence-electron chi connectivity index (χ4n) is 2.84. The number of benzene rings is 1. The molecule has 1 saturated heterocycles. The molecule has 0 saturated carbocycles. The van der Waals surface area contributed by atoms with E-state index < -0.39 is 19.9 Å². The third-order valence-corrected chi connectivity index (χ3v) is 7.28. The summed E-state index contributed by atoms with van der Waals surface area (Å²) in [5.74, 6) is -0.492. The summed E-state index contributed by atoms with van der Waals surface area (Å²) in [7, 11) is -6.82. The van der Waals surface area contributed by atoms with Gasteiger partial charge in [-0.05, 0) is 31.7 Å². The van der Waals surface area contributed by atoms with Crippen LogP contribution in [0.25, 0.3) is 0 Å². The van der Waals surface area contributed by atoms with Gasteiger partial charge in [-0.1, -0.05) is 29.8 Å². The van der Waals surface area contributed by atoms with Crippen molar-refractivity contribution in [2.45, 2.75) is 32.2 Å². The van der Waals surface area contributed by atoms with E-state index in [0.717, 1.165) is 18.2 Å². The van der Waals surface area contributed by atoms with Crippen LogP contribution < -0.4 is 0 Å². The van der Waals surface area contributed by atoms with Gasteiger partial charge in [0.15, 0.2) is 0 Å². The van der Waals surface area contributed by atoms with Gasteiger partial charge in [-0.15, -0.1) is 0 Å². The van der Waals surface area contributed by atoms with Gasteiger partial charge in [0, 0.05) is 18.8 Å². The first kappa shape index (κ1) is 17.4. The third-order valence-electron chi connectivity index (χ3n) is 4.14. The van der Waals surface area contributed by atoms with E-state index >= 15 is 0 Å². The molecule has 0 amide bonds. The monoisotopic (exact) mass is 345 g/mol. The van der Waals surface area contributed by atoms with Crippen molar-refractivity contribution in [3.8, 4) is 0 Å². The number of rotatable bonds is 5. The van der Waals surface area contributed by atoms with Crippen molar-refractivity contribution in [3.05, 3.63) is 35.4 Å². The minimum Gasteiger partial charge on any atom is -0.229 e. The number of hydrogen-bond donors (Lipinski definition) is 0. The van der Waals surface area contributed by atoms with Crippen molar-refractivity contribution in [1.82, 2.24) is 4.31 Å². The van der Waals surface area contributed by atoms with Gasteiger partial charge in [0.05, 0.1) is 11.5 Å². The molecular weight excluding hydrogens is 322 g/mol. The number of sulfone groups is 1. The van der Waals surface area contributed by atoms with Crippen molar-refractivity contribution in [2.24, 2.45) is 0 Å². The van der Waals surface area contributed by atoms with Gasteiger partial charge in [-0.25, -0.2) is 16.8 Å². The smallest absolute Gasteiger partial charge is 0.215 e. The zero-order valence-electron chi connectivity index (χ0n) is 13.2. The molecule has 1 aromatic rings. The summed E-state index contributed by atoms with van der Waals surface area (Å²) in [5.41, 5.74) is 2.31. The fourth-order valence-corrected chi connectivity index (χ4v) is 6.17. The Morgan fingerprint density at radius 1 is 1.09 bits per heavy atom. The van der Waals surface area contributed by atoms with Crippen molar-refractivity contribution >= 4 is 19.9 Å². The molecule has 1 aliphatic heterocycles. The Kier molecular flexibility index (Phi) is 4.99. The molecule has 0 N–H and O–H groups in total. The molecule has 1 aliphatic rings. The van der Waals surface area contributed by atoms with Crippen molar-refractivity contribution in [3.63, 3.8) is 0 Å². The van der Waals surface area contributed by atoms with E-state index in [-0.39, 0.29) is 23.5 Å². The second-order valence-corrected chi connectivity index (χ2v) is 10.5. The van der Waals surface area contributed by atoms with Crippen LogP contribution in [0.3, 0.4) is 0 Å². The molecule has 124 valence electrons. The lowest BCUT2D eigenvalue weighted by Gasteiger charge is -2.20. The molecule has 0 unspecified atom stereocenters. The molecule has 0 aliphatic carbocycles. The van der Waals surface area contributed by atoms with Gasteiger partial charge in [-0.2, -0.15) is 4.31 Å². The van der Waals surface area contributed by atoms with E-state index in [4.69, 9.17) is 0 Å². The first-order chi connectivity index (χ1) is 10.1. The van der Waals surface area contributed by atoms with Crippen molar-refractivity contribution < 1.29 is 16.8 Å². The molecule has 22 heavy (non-hydrogen) atoms. The highest BCUT2D eigenvalue weighted by molar-refractivity contribution is 7.93. The molecule has 0 aromatic heterocycles. The van der Waals surface area contributed by atoms with Crippen LogP contribution in [0.2, 0.25) is 0 Å². The largest absolute Gasteiger partial charge is 0.229 e. The summed E-state index contributed by atoms with van der Waals surface area (Å²) in [4.78, 5) is 0. The predicted molar refractivity (Wildman–Crippen MR) is 88.2 cm³/mol. The second-order valence-electron chi connectivity index (χ2n) is 6.21. The third kappa shape index (κ3) is 4.30. The summed E-state index contributed by atoms with van der Waals surface area (Å²) in [6.07, 6.45) is 1.83. The Bertz CT molecular complexity index is 723. The van der Waals surface area contributed by atoms with Crippen LogP contribution in [0.15, 0.2) is 24.3 Å². The average molecular weight is 345 g/mol. The van der Waals surface area contributed by atoms with E-state index in [9.17, 15) is 16.8 Å². The molecule has 1 aromatic carbocycles. The van der Waals surface area contributed by atoms with Gasteiger partial charge in [0.25, 0.3) is 0 Å². The standard InChI is InChI=1S/C15H23NO4S2/c1-12-4-6-14(7-5-12)15-10-13(2)16(11-15)22(19,20)9-8-21(3,17)18/h4-7,13,15H,8-11H2,1-3H3/t13-,15+/m0/s1. The van der Waals surface area contributed by atoms with E-state index in [2.05, 4.69) is 0 Å². The highest BCUT2D eigenvalue weighted by Crippen LogP contribution is 2.33. The predicted octanol–water partition coefficient (Wildman–Crippen LogP) is 1.55. The molecule has 0 spiro atoms. The molecule has 1 fully saturated rings. The SMILES string of the molecule is Cc1ccc([C@@H]2C[C@H](C)N(S(=O)(=O)CCS(C)(=O)=O)C2)cc1. The normalized spacial score (nSPS) is 23.8. The van der Waals surface area contributed by atoms with Crippen LogP contribution in [0.4, 0.5) is 0 Å². The van der Waals surface area contributed by atoms with Crippen LogP contribution in [0.5, 0.6) is 0 Å². The van der Waals surface area contributed by atoms with Gasteiger partial charge in [0.2, 0.25) is 10.0 Å². The van der Waals surface area contributed by atoms with Gasteiger partial charge < -0.3 is 0 Å². The number of sulfonamides is 1. The summed E-state index contributed by atoms with van der Waals surface area (Å²) < 4.78 is 48.6. The topological polar surface area (TPSA) is 71.5 Å². The van der Waals surface area contributed by atoms with E-state index in [1.165, 1.54) is 9.87 Å². The Morgan fingerprint density at radius 2 is 1.68 bits per heavy atom. The zero-order valence-corrected chi connectivity index (χ0v) is 14.8. The molecule has 1 heterocycles. The van der Waals surface area contributed by atoms with E-state index in [0.29, 0.717) is 6.54 Å². The first-order valence-electron chi connectivity index (χ1n) is 7.32. The number of hydrogen-bond acceptors (Lipinski definition) is 4. The molecule has 2 rings (SSSR count). The van der Waals surface area contributed by atoms with E-state index in [1.807, 2.05) is 38.1 Å². The van der Waals surface area contributed by atoms with E-state index in [1.54, 1.807) is 0 Å². The molecule has 2 atom stereocenters. The summed E-state index contributed by atoms with van der Waals surface area (Å²) in [6.45, 7) is 4.32. The lowest BCUT2D eigenvalue weighted by atomic mass is 9.96. The van der Waals surface area contributed by atoms with Crippen LogP contribution in [0, 0.1) is 6.92 Å². The lowest BCUT2D eigenvalue weighted by Crippen LogP contribution is -2.37. The van der Waals surface area contributed by atoms with Gasteiger partial charge >= 0.3 is 0 Å². The molecule has 7 heteroatoms. The zero-order chi connectivity index (χ0) is 16.5. The van der Waals surface area contributed by atoms with Gasteiger partial charge in [-0.3, -0.25) is 0 Å². The van der Waals surface area contributed by atoms with Crippen LogP contribution in [0.1, 0.15) is 30.4 Å². The molecule has 5 nitrogen and oxygen atoms in total. The van der Waals surface area contributed by atoms with Gasteiger partial charge in [0.1, 0.15) is 9.84 Å². The van der Waals surface area contributed by atoms with Crippen LogP contribution >= 0.6 is 0 Å². The molecular formula is C15H23NO4S2. The second kappa shape index (κ2) is 6.29. The Balaban J connectivity index is 2.11. The Morgan fingerprint density at radius 3 is 2.23 bits per heavy atom. The minimum absolute atomic E-state index is 0.101. The van der Waals surface area contributed by atoms with Crippen LogP contribution in [-0.4, -0.2) is 51.5 Å². The summed E-state index contributed by atoms with van der Waals surface area (Å²) in [6, 6.07) is 8.04. The lowest BCUT2D eigenvalue weighted by molar-refractivity contribution is 0.408. The summed E-state index contributed by atoms with van der Waals surface area (Å²) >= 11 is 0. The number of nitrogens with zero attached hydrogens (tertiary/aromatic N) is 1. The Hall–Kier alpha value is -0.920. The maximum Gasteiger partial charge on any atom is 0.215 e. The highest BCUT2D eigenvalue weighted by atomic mass is 32.2. The Labute approximate surface area is 133 Å².